The van der Waals surface area contributed by atoms with Crippen LogP contribution < -0.4 is 9.08 Å². The summed E-state index contributed by atoms with van der Waals surface area (Å²) in [6, 6.07) is 1.09. The zero-order chi connectivity index (χ0) is 18.4. The standard InChI is InChI=1S/C13H15F3N4O4S/c1-8-7-23-4-3-20(8)11-5-10(24-25(21,22)13(14,15)16)12-9(18-11)6-17-19(12)2/h5-6,8H,3-4,7H2,1-2H3. The number of pyridine rings is 1. The molecule has 0 aliphatic carbocycles. The first-order valence-corrected chi connectivity index (χ1v) is 8.69. The summed E-state index contributed by atoms with van der Waals surface area (Å²) in [5.41, 5.74) is -5.25. The summed E-state index contributed by atoms with van der Waals surface area (Å²) < 4.78 is 71.8. The van der Waals surface area contributed by atoms with Gasteiger partial charge in [-0.2, -0.15) is 26.7 Å². The largest absolute Gasteiger partial charge is 0.534 e. The van der Waals surface area contributed by atoms with E-state index in [1.165, 1.54) is 24.0 Å². The van der Waals surface area contributed by atoms with Gasteiger partial charge in [0.15, 0.2) is 5.75 Å². The first-order chi connectivity index (χ1) is 11.6. The first kappa shape index (κ1) is 17.7. The average Bonchev–Trinajstić information content (AvgIpc) is 2.88. The molecule has 0 N–H and O–H groups in total. The van der Waals surface area contributed by atoms with Gasteiger partial charge < -0.3 is 13.8 Å². The van der Waals surface area contributed by atoms with Gasteiger partial charge in [-0.1, -0.05) is 0 Å². The minimum Gasteiger partial charge on any atom is -0.377 e. The van der Waals surface area contributed by atoms with Crippen LogP contribution in [0.15, 0.2) is 12.3 Å². The number of anilines is 1. The van der Waals surface area contributed by atoms with Crippen molar-refractivity contribution in [1.82, 2.24) is 14.8 Å². The van der Waals surface area contributed by atoms with Gasteiger partial charge in [-0.25, -0.2) is 4.98 Å². The van der Waals surface area contributed by atoms with E-state index in [9.17, 15) is 21.6 Å². The van der Waals surface area contributed by atoms with Crippen LogP contribution in [-0.2, 0) is 21.9 Å². The van der Waals surface area contributed by atoms with E-state index in [0.717, 1.165) is 0 Å². The number of halogens is 3. The maximum absolute atomic E-state index is 12.7. The minimum atomic E-state index is -5.81. The lowest BCUT2D eigenvalue weighted by molar-refractivity contribution is -0.0499. The highest BCUT2D eigenvalue weighted by Crippen LogP contribution is 2.34. The molecule has 12 heteroatoms. The Labute approximate surface area is 141 Å². The third kappa shape index (κ3) is 3.23. The molecule has 0 amide bonds. The van der Waals surface area contributed by atoms with Gasteiger partial charge in [-0.3, -0.25) is 4.68 Å². The van der Waals surface area contributed by atoms with Crippen LogP contribution in [0.3, 0.4) is 0 Å². The molecule has 25 heavy (non-hydrogen) atoms. The Bertz CT molecular complexity index is 897. The van der Waals surface area contributed by atoms with Gasteiger partial charge >= 0.3 is 15.6 Å². The van der Waals surface area contributed by atoms with E-state index in [1.54, 1.807) is 0 Å². The number of nitrogens with zero attached hydrogens (tertiary/aromatic N) is 4. The van der Waals surface area contributed by atoms with Crippen LogP contribution in [0.5, 0.6) is 5.75 Å². The fourth-order valence-corrected chi connectivity index (χ4v) is 3.04. The Kier molecular flexibility index (Phi) is 4.27. The average molecular weight is 380 g/mol. The maximum atomic E-state index is 12.7. The fourth-order valence-electron chi connectivity index (χ4n) is 2.58. The molecule has 0 bridgehead atoms. The van der Waals surface area contributed by atoms with Crippen molar-refractivity contribution in [3.63, 3.8) is 0 Å². The Hall–Kier alpha value is -2.08. The summed E-state index contributed by atoms with van der Waals surface area (Å²) >= 11 is 0. The molecule has 1 saturated heterocycles. The van der Waals surface area contributed by atoms with E-state index in [0.29, 0.717) is 25.6 Å². The Morgan fingerprint density at radius 3 is 2.76 bits per heavy atom. The van der Waals surface area contributed by atoms with Crippen LogP contribution in [0.1, 0.15) is 6.92 Å². The molecule has 0 saturated carbocycles. The van der Waals surface area contributed by atoms with Gasteiger partial charge in [0.2, 0.25) is 0 Å². The van der Waals surface area contributed by atoms with E-state index < -0.39 is 21.4 Å². The summed E-state index contributed by atoms with van der Waals surface area (Å²) in [6.45, 7) is 3.17. The molecule has 1 aliphatic heterocycles. The molecule has 3 rings (SSSR count). The van der Waals surface area contributed by atoms with Gasteiger partial charge in [0.1, 0.15) is 16.9 Å². The summed E-state index contributed by atoms with van der Waals surface area (Å²) in [7, 11) is -4.36. The summed E-state index contributed by atoms with van der Waals surface area (Å²) in [5.74, 6) is -0.181. The lowest BCUT2D eigenvalue weighted by atomic mass is 10.2. The lowest BCUT2D eigenvalue weighted by Gasteiger charge is -2.34. The lowest BCUT2D eigenvalue weighted by Crippen LogP contribution is -2.44. The summed E-state index contributed by atoms with van der Waals surface area (Å²) in [4.78, 5) is 6.16. The van der Waals surface area contributed by atoms with Crippen LogP contribution in [0.4, 0.5) is 19.0 Å². The SMILES string of the molecule is CC1COCCN1c1cc(OS(=O)(=O)C(F)(F)F)c2c(cnn2C)n1. The van der Waals surface area contributed by atoms with Crippen molar-refractivity contribution in [3.8, 4) is 5.75 Å². The molecule has 3 heterocycles. The van der Waals surface area contributed by atoms with Crippen LogP contribution in [-0.4, -0.2) is 54.5 Å². The number of aryl methyl sites for hydroxylation is 1. The first-order valence-electron chi connectivity index (χ1n) is 7.28. The molecule has 138 valence electrons. The Morgan fingerprint density at radius 1 is 1.40 bits per heavy atom. The van der Waals surface area contributed by atoms with Gasteiger partial charge in [-0.05, 0) is 6.92 Å². The highest BCUT2D eigenvalue weighted by atomic mass is 32.2. The number of ether oxygens (including phenoxy) is 1. The molecular formula is C13H15F3N4O4S. The van der Waals surface area contributed by atoms with Gasteiger partial charge in [0, 0.05) is 19.7 Å². The van der Waals surface area contributed by atoms with Crippen LogP contribution in [0.25, 0.3) is 11.0 Å². The predicted molar refractivity (Wildman–Crippen MR) is 81.7 cm³/mol. The number of aromatic nitrogens is 3. The summed E-state index contributed by atoms with van der Waals surface area (Å²) in [6.07, 6.45) is 1.33. The number of hydrogen-bond acceptors (Lipinski definition) is 7. The van der Waals surface area contributed by atoms with E-state index in [4.69, 9.17) is 4.74 Å². The monoisotopic (exact) mass is 380 g/mol. The quantitative estimate of drug-likeness (QED) is 0.588. The number of morpholine rings is 1. The molecular weight excluding hydrogens is 365 g/mol. The molecule has 2 aromatic heterocycles. The predicted octanol–water partition coefficient (Wildman–Crippen LogP) is 1.42. The van der Waals surface area contributed by atoms with Crippen molar-refractivity contribution in [2.75, 3.05) is 24.7 Å². The zero-order valence-corrected chi connectivity index (χ0v) is 14.1. The van der Waals surface area contributed by atoms with Crippen molar-refractivity contribution in [2.45, 2.75) is 18.5 Å². The van der Waals surface area contributed by atoms with E-state index in [1.807, 2.05) is 11.8 Å². The van der Waals surface area contributed by atoms with Crippen molar-refractivity contribution in [2.24, 2.45) is 7.05 Å². The smallest absolute Gasteiger partial charge is 0.377 e. The molecule has 1 aliphatic rings. The van der Waals surface area contributed by atoms with Crippen LogP contribution >= 0.6 is 0 Å². The van der Waals surface area contributed by atoms with Gasteiger partial charge in [-0.15, -0.1) is 0 Å². The van der Waals surface area contributed by atoms with Crippen LogP contribution in [0, 0.1) is 0 Å². The molecule has 2 aromatic rings. The Balaban J connectivity index is 2.11. The van der Waals surface area contributed by atoms with Crippen LogP contribution in [0.2, 0.25) is 0 Å². The number of alkyl halides is 3. The third-order valence-electron chi connectivity index (χ3n) is 3.79. The maximum Gasteiger partial charge on any atom is 0.534 e. The highest BCUT2D eigenvalue weighted by Gasteiger charge is 2.49. The molecule has 0 aromatic carbocycles. The van der Waals surface area contributed by atoms with E-state index >= 15 is 0 Å². The van der Waals surface area contributed by atoms with Crippen molar-refractivity contribution in [1.29, 1.82) is 0 Å². The van der Waals surface area contributed by atoms with E-state index in [2.05, 4.69) is 14.3 Å². The molecule has 1 atom stereocenters. The molecule has 1 fully saturated rings. The molecule has 0 radical (unpaired) electrons. The fraction of sp³-hybridized carbons (Fsp3) is 0.538. The second-order valence-electron chi connectivity index (χ2n) is 5.58. The topological polar surface area (TPSA) is 86.5 Å². The Morgan fingerprint density at radius 2 is 2.12 bits per heavy atom. The summed E-state index contributed by atoms with van der Waals surface area (Å²) in [5, 5.41) is 3.91. The zero-order valence-electron chi connectivity index (χ0n) is 13.3. The molecule has 8 nitrogen and oxygen atoms in total. The number of rotatable bonds is 3. The van der Waals surface area contributed by atoms with Gasteiger partial charge in [0.05, 0.1) is 25.5 Å². The molecule has 1 unspecified atom stereocenters. The minimum absolute atomic E-state index is 0.0532. The normalized spacial score (nSPS) is 19.4. The number of fused-ring (bicyclic) bond motifs is 1. The highest BCUT2D eigenvalue weighted by molar-refractivity contribution is 7.88. The van der Waals surface area contributed by atoms with E-state index in [-0.39, 0.29) is 17.1 Å². The third-order valence-corrected chi connectivity index (χ3v) is 4.76. The number of hydrogen-bond donors (Lipinski definition) is 0. The molecule has 0 spiro atoms. The van der Waals surface area contributed by atoms with Crippen molar-refractivity contribution in [3.05, 3.63) is 12.3 Å². The van der Waals surface area contributed by atoms with Gasteiger partial charge in [0.25, 0.3) is 0 Å². The van der Waals surface area contributed by atoms with Crippen molar-refractivity contribution < 1.29 is 30.5 Å². The van der Waals surface area contributed by atoms with Crippen molar-refractivity contribution >= 4 is 27.0 Å². The second-order valence-corrected chi connectivity index (χ2v) is 7.12. The second kappa shape index (κ2) is 6.02.